The first-order chi connectivity index (χ1) is 15.6. The Labute approximate surface area is 184 Å². The molecule has 8 heteroatoms. The summed E-state index contributed by atoms with van der Waals surface area (Å²) in [7, 11) is 1.40. The van der Waals surface area contributed by atoms with Crippen LogP contribution in [0.5, 0.6) is 5.88 Å². The van der Waals surface area contributed by atoms with E-state index in [1.165, 1.54) is 13.2 Å². The van der Waals surface area contributed by atoms with Crippen molar-refractivity contribution in [3.05, 3.63) is 87.6 Å². The summed E-state index contributed by atoms with van der Waals surface area (Å²) in [5.41, 5.74) is 4.64. The molecule has 1 amide bonds. The van der Waals surface area contributed by atoms with Crippen LogP contribution in [0.4, 0.5) is 10.5 Å². The SMILES string of the molecule is COc1ncc([N+](=O)[O-])cc1C#CCNC(=O)OCC1c2ccccc2-c2ccccc21. The van der Waals surface area contributed by atoms with Gasteiger partial charge in [0, 0.05) is 12.0 Å². The van der Waals surface area contributed by atoms with Crippen molar-refractivity contribution in [1.29, 1.82) is 0 Å². The summed E-state index contributed by atoms with van der Waals surface area (Å²) in [6, 6.07) is 17.5. The molecule has 0 fully saturated rings. The number of aromatic nitrogens is 1. The lowest BCUT2D eigenvalue weighted by molar-refractivity contribution is -0.385. The number of carbonyl (C=O) groups is 1. The second-order valence-corrected chi connectivity index (χ2v) is 6.99. The Hall–Kier alpha value is -4.38. The number of benzene rings is 2. The van der Waals surface area contributed by atoms with Gasteiger partial charge in [0.1, 0.15) is 12.8 Å². The molecule has 1 aliphatic rings. The number of nitrogens with one attached hydrogen (secondary N) is 1. The molecule has 8 nitrogen and oxygen atoms in total. The number of methoxy groups -OCH3 is 1. The van der Waals surface area contributed by atoms with Crippen LogP contribution in [0.1, 0.15) is 22.6 Å². The number of alkyl carbamates (subject to hydrolysis) is 1. The monoisotopic (exact) mass is 429 g/mol. The van der Waals surface area contributed by atoms with Crippen LogP contribution in [0.15, 0.2) is 60.8 Å². The molecule has 1 aromatic heterocycles. The Balaban J connectivity index is 1.37. The Kier molecular flexibility index (Phi) is 5.99. The predicted molar refractivity (Wildman–Crippen MR) is 117 cm³/mol. The van der Waals surface area contributed by atoms with Crippen molar-refractivity contribution < 1.29 is 19.2 Å². The number of nitro groups is 1. The lowest BCUT2D eigenvalue weighted by Crippen LogP contribution is -2.26. The molecule has 1 aliphatic carbocycles. The normalized spacial score (nSPS) is 11.5. The van der Waals surface area contributed by atoms with Gasteiger partial charge < -0.3 is 14.8 Å². The Bertz CT molecular complexity index is 1200. The third-order valence-corrected chi connectivity index (χ3v) is 5.13. The molecule has 0 radical (unpaired) electrons. The van der Waals surface area contributed by atoms with E-state index < -0.39 is 11.0 Å². The van der Waals surface area contributed by atoms with Crippen LogP contribution in [-0.2, 0) is 4.74 Å². The molecule has 0 aliphatic heterocycles. The van der Waals surface area contributed by atoms with Crippen LogP contribution in [0.3, 0.4) is 0 Å². The van der Waals surface area contributed by atoms with Gasteiger partial charge in [-0.3, -0.25) is 10.1 Å². The maximum Gasteiger partial charge on any atom is 0.407 e. The maximum atomic E-state index is 12.2. The fraction of sp³-hybridized carbons (Fsp3) is 0.167. The van der Waals surface area contributed by atoms with Gasteiger partial charge in [0.25, 0.3) is 5.69 Å². The van der Waals surface area contributed by atoms with Crippen LogP contribution in [0, 0.1) is 22.0 Å². The molecule has 0 atom stereocenters. The van der Waals surface area contributed by atoms with Crippen LogP contribution < -0.4 is 10.1 Å². The second-order valence-electron chi connectivity index (χ2n) is 6.99. The molecule has 3 aromatic rings. The number of carbonyl (C=O) groups excluding carboxylic acids is 1. The van der Waals surface area contributed by atoms with E-state index >= 15 is 0 Å². The van der Waals surface area contributed by atoms with Crippen molar-refractivity contribution in [3.8, 4) is 28.8 Å². The number of fused-ring (bicyclic) bond motifs is 3. The fourth-order valence-electron chi connectivity index (χ4n) is 3.70. The van der Waals surface area contributed by atoms with Gasteiger partial charge in [-0.25, -0.2) is 9.78 Å². The number of ether oxygens (including phenoxy) is 2. The van der Waals surface area contributed by atoms with Crippen molar-refractivity contribution in [2.75, 3.05) is 20.3 Å². The zero-order chi connectivity index (χ0) is 22.5. The summed E-state index contributed by atoms with van der Waals surface area (Å²) in [6.07, 6.45) is 0.504. The van der Waals surface area contributed by atoms with E-state index in [4.69, 9.17) is 9.47 Å². The zero-order valence-electron chi connectivity index (χ0n) is 17.2. The fourth-order valence-corrected chi connectivity index (χ4v) is 3.70. The minimum atomic E-state index is -0.592. The van der Waals surface area contributed by atoms with E-state index in [9.17, 15) is 14.9 Å². The maximum absolute atomic E-state index is 12.2. The summed E-state index contributed by atoms with van der Waals surface area (Å²) < 4.78 is 10.5. The number of rotatable bonds is 5. The molecule has 2 aromatic carbocycles. The highest BCUT2D eigenvalue weighted by atomic mass is 16.6. The highest BCUT2D eigenvalue weighted by molar-refractivity contribution is 5.79. The minimum absolute atomic E-state index is 0.00250. The molecular weight excluding hydrogens is 410 g/mol. The Morgan fingerprint density at radius 1 is 1.16 bits per heavy atom. The molecule has 0 saturated carbocycles. The van der Waals surface area contributed by atoms with Crippen molar-refractivity contribution in [3.63, 3.8) is 0 Å². The number of nitrogens with zero attached hydrogens (tertiary/aromatic N) is 2. The molecule has 4 rings (SSSR count). The average molecular weight is 429 g/mol. The van der Waals surface area contributed by atoms with Gasteiger partial charge in [0.15, 0.2) is 0 Å². The van der Waals surface area contributed by atoms with Crippen molar-refractivity contribution >= 4 is 11.8 Å². The summed E-state index contributed by atoms with van der Waals surface area (Å²) in [6.45, 7) is 0.207. The lowest BCUT2D eigenvalue weighted by Gasteiger charge is -2.14. The number of pyridine rings is 1. The van der Waals surface area contributed by atoms with E-state index in [0.717, 1.165) is 28.5 Å². The van der Waals surface area contributed by atoms with Crippen LogP contribution in [0.2, 0.25) is 0 Å². The van der Waals surface area contributed by atoms with Gasteiger partial charge in [-0.2, -0.15) is 0 Å². The van der Waals surface area contributed by atoms with Crippen molar-refractivity contribution in [2.45, 2.75) is 5.92 Å². The Morgan fingerprint density at radius 3 is 2.44 bits per heavy atom. The zero-order valence-corrected chi connectivity index (χ0v) is 17.2. The summed E-state index contributed by atoms with van der Waals surface area (Å²) >= 11 is 0. The smallest absolute Gasteiger partial charge is 0.407 e. The molecule has 1 heterocycles. The highest BCUT2D eigenvalue weighted by Crippen LogP contribution is 2.44. The standard InChI is InChI=1S/C24H19N3O5/c1-31-23-16(13-17(14-26-23)27(29)30)7-6-12-25-24(28)32-15-22-20-10-4-2-8-18(20)19-9-3-5-11-21(19)22/h2-5,8-11,13-14,22H,12,15H2,1H3,(H,25,28). The summed E-state index contributed by atoms with van der Waals surface area (Å²) in [5.74, 6) is 5.60. The third kappa shape index (κ3) is 4.23. The first kappa shape index (κ1) is 20.9. The first-order valence-electron chi connectivity index (χ1n) is 9.84. The summed E-state index contributed by atoms with van der Waals surface area (Å²) in [4.78, 5) is 26.4. The number of hydrogen-bond acceptors (Lipinski definition) is 6. The summed E-state index contributed by atoms with van der Waals surface area (Å²) in [5, 5.41) is 13.5. The van der Waals surface area contributed by atoms with E-state index in [1.807, 2.05) is 36.4 Å². The molecule has 32 heavy (non-hydrogen) atoms. The van der Waals surface area contributed by atoms with E-state index in [1.54, 1.807) is 0 Å². The number of amides is 1. The van der Waals surface area contributed by atoms with Crippen molar-refractivity contribution in [1.82, 2.24) is 10.3 Å². The molecular formula is C24H19N3O5. The van der Waals surface area contributed by atoms with E-state index in [2.05, 4.69) is 34.3 Å². The van der Waals surface area contributed by atoms with Crippen LogP contribution in [0.25, 0.3) is 11.1 Å². The minimum Gasteiger partial charge on any atom is -0.480 e. The third-order valence-electron chi connectivity index (χ3n) is 5.13. The van der Waals surface area contributed by atoms with Gasteiger partial charge in [0.2, 0.25) is 5.88 Å². The molecule has 1 N–H and O–H groups in total. The number of hydrogen-bond donors (Lipinski definition) is 1. The molecule has 0 unspecified atom stereocenters. The largest absolute Gasteiger partial charge is 0.480 e. The quantitative estimate of drug-likeness (QED) is 0.375. The molecule has 0 spiro atoms. The van der Waals surface area contributed by atoms with E-state index in [0.29, 0.717) is 0 Å². The van der Waals surface area contributed by atoms with E-state index in [-0.39, 0.29) is 36.2 Å². The first-order valence-corrected chi connectivity index (χ1v) is 9.84. The molecule has 160 valence electrons. The van der Waals surface area contributed by atoms with Gasteiger partial charge in [0.05, 0.1) is 24.1 Å². The average Bonchev–Trinajstić information content (AvgIpc) is 3.14. The van der Waals surface area contributed by atoms with Gasteiger partial charge in [-0.15, -0.1) is 0 Å². The molecule has 0 bridgehead atoms. The Morgan fingerprint density at radius 2 is 1.81 bits per heavy atom. The van der Waals surface area contributed by atoms with Crippen molar-refractivity contribution in [2.24, 2.45) is 0 Å². The molecule has 0 saturated heterocycles. The lowest BCUT2D eigenvalue weighted by atomic mass is 9.98. The van der Waals surface area contributed by atoms with Crippen LogP contribution >= 0.6 is 0 Å². The topological polar surface area (TPSA) is 104 Å². The van der Waals surface area contributed by atoms with Gasteiger partial charge in [-0.1, -0.05) is 60.4 Å². The van der Waals surface area contributed by atoms with Gasteiger partial charge >= 0.3 is 6.09 Å². The second kappa shape index (κ2) is 9.18. The van der Waals surface area contributed by atoms with Crippen LogP contribution in [-0.4, -0.2) is 36.3 Å². The highest BCUT2D eigenvalue weighted by Gasteiger charge is 2.28. The predicted octanol–water partition coefficient (Wildman–Crippen LogP) is 3.89. The van der Waals surface area contributed by atoms with Gasteiger partial charge in [-0.05, 0) is 22.3 Å².